The first-order chi connectivity index (χ1) is 12.5. The summed E-state index contributed by atoms with van der Waals surface area (Å²) in [4.78, 5) is 12.5. The quantitative estimate of drug-likeness (QED) is 0.731. The Kier molecular flexibility index (Phi) is 7.01. The molecule has 0 bridgehead atoms. The highest BCUT2D eigenvalue weighted by Crippen LogP contribution is 2.17. The van der Waals surface area contributed by atoms with Crippen LogP contribution in [0, 0.1) is 12.3 Å². The average Bonchev–Trinajstić information content (AvgIpc) is 2.65. The lowest BCUT2D eigenvalue weighted by atomic mass is 9.99. The standard InChI is InChI=1S/C21H28N2O3/c1-5-7-8-18-15(3)20(22)23(14-19(18)21(24)26-6-2)13-16-9-11-17(25-4)12-10-16/h9-12,14,22H,5-8,13H2,1-4H3. The number of pyridine rings is 1. The van der Waals surface area contributed by atoms with Crippen LogP contribution >= 0.6 is 0 Å². The molecule has 0 fully saturated rings. The third-order valence-corrected chi connectivity index (χ3v) is 4.49. The van der Waals surface area contributed by atoms with Crippen molar-refractivity contribution in [2.75, 3.05) is 13.7 Å². The van der Waals surface area contributed by atoms with Gasteiger partial charge in [-0.15, -0.1) is 0 Å². The van der Waals surface area contributed by atoms with Gasteiger partial charge in [-0.2, -0.15) is 0 Å². The van der Waals surface area contributed by atoms with Gasteiger partial charge in [-0.3, -0.25) is 5.41 Å². The van der Waals surface area contributed by atoms with Crippen LogP contribution in [0.5, 0.6) is 5.75 Å². The molecule has 0 radical (unpaired) electrons. The van der Waals surface area contributed by atoms with Crippen molar-refractivity contribution < 1.29 is 14.3 Å². The molecule has 2 rings (SSSR count). The van der Waals surface area contributed by atoms with Crippen LogP contribution in [0.1, 0.15) is 53.7 Å². The second-order valence-electron chi connectivity index (χ2n) is 6.29. The normalized spacial score (nSPS) is 10.6. The SMILES string of the molecule is CCCCc1c(C(=O)OCC)cn(Cc2ccc(OC)cc2)c(=N)c1C. The summed E-state index contributed by atoms with van der Waals surface area (Å²) in [5.74, 6) is 0.480. The van der Waals surface area contributed by atoms with Crippen LogP contribution in [0.15, 0.2) is 30.5 Å². The highest BCUT2D eigenvalue weighted by molar-refractivity contribution is 5.91. The number of methoxy groups -OCH3 is 1. The number of hydrogen-bond acceptors (Lipinski definition) is 4. The summed E-state index contributed by atoms with van der Waals surface area (Å²) in [6.07, 6.45) is 4.57. The number of benzene rings is 1. The predicted octanol–water partition coefficient (Wildman–Crippen LogP) is 3.85. The largest absolute Gasteiger partial charge is 0.497 e. The molecule has 0 saturated carbocycles. The third-order valence-electron chi connectivity index (χ3n) is 4.49. The summed E-state index contributed by atoms with van der Waals surface area (Å²) < 4.78 is 12.2. The Balaban J connectivity index is 2.45. The summed E-state index contributed by atoms with van der Waals surface area (Å²) >= 11 is 0. The van der Waals surface area contributed by atoms with Crippen molar-refractivity contribution in [1.29, 1.82) is 5.41 Å². The highest BCUT2D eigenvalue weighted by Gasteiger charge is 2.17. The summed E-state index contributed by atoms with van der Waals surface area (Å²) in [7, 11) is 1.63. The molecule has 0 aliphatic rings. The molecule has 0 aliphatic heterocycles. The molecule has 0 aliphatic carbocycles. The maximum Gasteiger partial charge on any atom is 0.339 e. The fourth-order valence-corrected chi connectivity index (χ4v) is 2.97. The van der Waals surface area contributed by atoms with Crippen molar-refractivity contribution in [3.63, 3.8) is 0 Å². The monoisotopic (exact) mass is 356 g/mol. The van der Waals surface area contributed by atoms with Gasteiger partial charge in [0.25, 0.3) is 0 Å². The summed E-state index contributed by atoms with van der Waals surface area (Å²) in [6.45, 7) is 6.70. The minimum atomic E-state index is -0.315. The van der Waals surface area contributed by atoms with Crippen LogP contribution in [0.4, 0.5) is 0 Å². The number of carbonyl (C=O) groups excluding carboxylic acids is 1. The van der Waals surface area contributed by atoms with E-state index < -0.39 is 0 Å². The van der Waals surface area contributed by atoms with Crippen LogP contribution in [0.2, 0.25) is 0 Å². The van der Waals surface area contributed by atoms with E-state index in [0.717, 1.165) is 41.7 Å². The molecule has 5 nitrogen and oxygen atoms in total. The third kappa shape index (κ3) is 4.54. The van der Waals surface area contributed by atoms with E-state index in [1.807, 2.05) is 31.2 Å². The van der Waals surface area contributed by atoms with Crippen LogP contribution < -0.4 is 10.2 Å². The number of hydrogen-bond donors (Lipinski definition) is 1. The molecular weight excluding hydrogens is 328 g/mol. The Bertz CT molecular complexity index is 807. The van der Waals surface area contributed by atoms with E-state index in [1.165, 1.54) is 0 Å². The van der Waals surface area contributed by atoms with Gasteiger partial charge in [0.2, 0.25) is 0 Å². The number of carbonyl (C=O) groups is 1. The van der Waals surface area contributed by atoms with Crippen molar-refractivity contribution in [3.05, 3.63) is 58.2 Å². The topological polar surface area (TPSA) is 64.3 Å². The number of ether oxygens (including phenoxy) is 2. The van der Waals surface area contributed by atoms with Crippen LogP contribution in [0.3, 0.4) is 0 Å². The molecule has 1 aromatic heterocycles. The maximum atomic E-state index is 12.5. The van der Waals surface area contributed by atoms with Gasteiger partial charge in [-0.05, 0) is 55.5 Å². The summed E-state index contributed by atoms with van der Waals surface area (Å²) in [5.41, 5.74) is 3.82. The maximum absolute atomic E-state index is 12.5. The second kappa shape index (κ2) is 9.22. The molecule has 0 amide bonds. The van der Waals surface area contributed by atoms with E-state index in [9.17, 15) is 4.79 Å². The van der Waals surface area contributed by atoms with E-state index in [2.05, 4.69) is 6.92 Å². The zero-order valence-corrected chi connectivity index (χ0v) is 16.1. The van der Waals surface area contributed by atoms with Crippen LogP contribution in [0.25, 0.3) is 0 Å². The molecule has 26 heavy (non-hydrogen) atoms. The summed E-state index contributed by atoms with van der Waals surface area (Å²) in [5, 5.41) is 8.53. The van der Waals surface area contributed by atoms with E-state index in [4.69, 9.17) is 14.9 Å². The van der Waals surface area contributed by atoms with Crippen molar-refractivity contribution in [3.8, 4) is 5.75 Å². The predicted molar refractivity (Wildman–Crippen MR) is 102 cm³/mol. The van der Waals surface area contributed by atoms with E-state index in [1.54, 1.807) is 24.8 Å². The smallest absolute Gasteiger partial charge is 0.339 e. The first kappa shape index (κ1) is 19.8. The lowest BCUT2D eigenvalue weighted by molar-refractivity contribution is 0.0523. The van der Waals surface area contributed by atoms with Crippen molar-refractivity contribution in [1.82, 2.24) is 4.57 Å². The molecule has 2 aromatic rings. The summed E-state index contributed by atoms with van der Waals surface area (Å²) in [6, 6.07) is 7.73. The fraction of sp³-hybridized carbons (Fsp3) is 0.429. The van der Waals surface area contributed by atoms with E-state index >= 15 is 0 Å². The number of esters is 1. The second-order valence-corrected chi connectivity index (χ2v) is 6.29. The molecule has 1 heterocycles. The van der Waals surface area contributed by atoms with E-state index in [0.29, 0.717) is 24.2 Å². The number of nitrogens with one attached hydrogen (secondary N) is 1. The Labute approximate surface area is 155 Å². The lowest BCUT2D eigenvalue weighted by Crippen LogP contribution is -2.27. The van der Waals surface area contributed by atoms with Gasteiger partial charge in [-0.1, -0.05) is 25.5 Å². The van der Waals surface area contributed by atoms with Crippen molar-refractivity contribution in [2.24, 2.45) is 0 Å². The van der Waals surface area contributed by atoms with Crippen molar-refractivity contribution >= 4 is 5.97 Å². The Hall–Kier alpha value is -2.56. The first-order valence-corrected chi connectivity index (χ1v) is 9.09. The number of nitrogens with zero attached hydrogens (tertiary/aromatic N) is 1. The molecule has 1 aromatic carbocycles. The molecule has 1 N–H and O–H groups in total. The number of rotatable bonds is 8. The lowest BCUT2D eigenvalue weighted by Gasteiger charge is -2.17. The molecule has 0 saturated heterocycles. The van der Waals surface area contributed by atoms with E-state index in [-0.39, 0.29) is 5.97 Å². The minimum Gasteiger partial charge on any atom is -0.497 e. The highest BCUT2D eigenvalue weighted by atomic mass is 16.5. The van der Waals surface area contributed by atoms with Crippen LogP contribution in [-0.4, -0.2) is 24.3 Å². The van der Waals surface area contributed by atoms with Crippen LogP contribution in [-0.2, 0) is 17.7 Å². The number of aromatic nitrogens is 1. The molecule has 0 unspecified atom stereocenters. The van der Waals surface area contributed by atoms with Gasteiger partial charge in [0.15, 0.2) is 0 Å². The van der Waals surface area contributed by atoms with Gasteiger partial charge in [0.1, 0.15) is 11.2 Å². The molecular formula is C21H28N2O3. The Morgan fingerprint density at radius 2 is 1.88 bits per heavy atom. The van der Waals surface area contributed by atoms with Gasteiger partial charge in [-0.25, -0.2) is 4.79 Å². The van der Waals surface area contributed by atoms with Gasteiger partial charge >= 0.3 is 5.97 Å². The molecule has 140 valence electrons. The first-order valence-electron chi connectivity index (χ1n) is 9.09. The van der Waals surface area contributed by atoms with Gasteiger partial charge in [0, 0.05) is 12.7 Å². The van der Waals surface area contributed by atoms with Crippen molar-refractivity contribution in [2.45, 2.75) is 46.6 Å². The Morgan fingerprint density at radius 1 is 1.19 bits per heavy atom. The zero-order chi connectivity index (χ0) is 19.1. The molecule has 5 heteroatoms. The Morgan fingerprint density at radius 3 is 2.46 bits per heavy atom. The fourth-order valence-electron chi connectivity index (χ4n) is 2.97. The molecule has 0 spiro atoms. The van der Waals surface area contributed by atoms with Gasteiger partial charge < -0.3 is 14.0 Å². The average molecular weight is 356 g/mol. The minimum absolute atomic E-state index is 0.315. The number of unbranched alkanes of at least 4 members (excludes halogenated alkanes) is 1. The molecule has 0 atom stereocenters. The zero-order valence-electron chi connectivity index (χ0n) is 16.1. The van der Waals surface area contributed by atoms with Gasteiger partial charge in [0.05, 0.1) is 19.3 Å².